The molecule has 0 aromatic rings. The Hall–Kier alpha value is -0.350. The number of ether oxygens (including phenoxy) is 1. The molecule has 0 unspecified atom stereocenters. The van der Waals surface area contributed by atoms with Crippen molar-refractivity contribution in [3.05, 3.63) is 0 Å². The minimum Gasteiger partial charge on any atom is -0.385 e. The van der Waals surface area contributed by atoms with E-state index in [1.165, 1.54) is 25.7 Å². The molecule has 0 atom stereocenters. The molecule has 4 heteroatoms. The van der Waals surface area contributed by atoms with Gasteiger partial charge in [-0.25, -0.2) is 0 Å². The fourth-order valence-electron chi connectivity index (χ4n) is 2.02. The van der Waals surface area contributed by atoms with E-state index >= 15 is 0 Å². The van der Waals surface area contributed by atoms with E-state index in [2.05, 4.69) is 17.6 Å². The van der Waals surface area contributed by atoms with Gasteiger partial charge in [0, 0.05) is 25.8 Å². The number of nitrogens with one attached hydrogen (secondary N) is 2. The van der Waals surface area contributed by atoms with Gasteiger partial charge in [-0.15, -0.1) is 0 Å². The smallest absolute Gasteiger partial charge is 0.166 e. The van der Waals surface area contributed by atoms with Gasteiger partial charge in [0.15, 0.2) is 5.11 Å². The van der Waals surface area contributed by atoms with Crippen molar-refractivity contribution in [2.45, 2.75) is 44.6 Å². The predicted molar refractivity (Wildman–Crippen MR) is 67.1 cm³/mol. The molecule has 0 amide bonds. The van der Waals surface area contributed by atoms with E-state index in [0.29, 0.717) is 0 Å². The first-order chi connectivity index (χ1) is 7.16. The zero-order valence-electron chi connectivity index (χ0n) is 9.77. The second kappa shape index (κ2) is 6.28. The van der Waals surface area contributed by atoms with Crippen molar-refractivity contribution >= 4 is 17.3 Å². The second-order valence-electron chi connectivity index (χ2n) is 4.50. The summed E-state index contributed by atoms with van der Waals surface area (Å²) in [4.78, 5) is 0. The van der Waals surface area contributed by atoms with Crippen LogP contribution >= 0.6 is 12.2 Å². The maximum absolute atomic E-state index is 5.25. The largest absolute Gasteiger partial charge is 0.385 e. The molecule has 1 aliphatic carbocycles. The van der Waals surface area contributed by atoms with Gasteiger partial charge < -0.3 is 15.4 Å². The Balaban J connectivity index is 2.12. The van der Waals surface area contributed by atoms with Crippen LogP contribution in [0.5, 0.6) is 0 Å². The van der Waals surface area contributed by atoms with Crippen LogP contribution < -0.4 is 10.6 Å². The van der Waals surface area contributed by atoms with E-state index in [0.717, 1.165) is 24.7 Å². The van der Waals surface area contributed by atoms with E-state index in [1.54, 1.807) is 7.11 Å². The lowest BCUT2D eigenvalue weighted by Gasteiger charge is -2.27. The van der Waals surface area contributed by atoms with Gasteiger partial charge >= 0.3 is 0 Å². The van der Waals surface area contributed by atoms with Crippen molar-refractivity contribution in [1.29, 1.82) is 0 Å². The molecule has 1 saturated carbocycles. The summed E-state index contributed by atoms with van der Waals surface area (Å²) >= 11 is 5.25. The van der Waals surface area contributed by atoms with Crippen molar-refractivity contribution in [2.24, 2.45) is 0 Å². The average Bonchev–Trinajstić information content (AvgIpc) is 2.59. The summed E-state index contributed by atoms with van der Waals surface area (Å²) in [6, 6.07) is 0. The van der Waals surface area contributed by atoms with Gasteiger partial charge in [0.05, 0.1) is 0 Å². The van der Waals surface area contributed by atoms with E-state index in [4.69, 9.17) is 17.0 Å². The van der Waals surface area contributed by atoms with Crippen LogP contribution in [0, 0.1) is 0 Å². The third kappa shape index (κ3) is 4.80. The lowest BCUT2D eigenvalue weighted by Crippen LogP contribution is -2.48. The highest BCUT2D eigenvalue weighted by Crippen LogP contribution is 2.28. The maximum atomic E-state index is 5.25. The minimum atomic E-state index is 0.228. The van der Waals surface area contributed by atoms with Crippen LogP contribution in [-0.2, 0) is 4.74 Å². The van der Waals surface area contributed by atoms with Gasteiger partial charge in [-0.2, -0.15) is 0 Å². The van der Waals surface area contributed by atoms with Crippen molar-refractivity contribution in [3.8, 4) is 0 Å². The van der Waals surface area contributed by atoms with Crippen LogP contribution in [0.15, 0.2) is 0 Å². The molecular weight excluding hydrogens is 208 g/mol. The molecule has 1 aliphatic rings. The van der Waals surface area contributed by atoms with Crippen LogP contribution in [0.3, 0.4) is 0 Å². The highest BCUT2D eigenvalue weighted by molar-refractivity contribution is 7.80. The fraction of sp³-hybridized carbons (Fsp3) is 0.909. The summed E-state index contributed by atoms with van der Waals surface area (Å²) in [5.74, 6) is 0. The fourth-order valence-corrected chi connectivity index (χ4v) is 2.37. The van der Waals surface area contributed by atoms with Gasteiger partial charge in [-0.1, -0.05) is 12.8 Å². The molecule has 0 radical (unpaired) electrons. The van der Waals surface area contributed by atoms with E-state index in [9.17, 15) is 0 Å². The Bertz CT molecular complexity index is 203. The first kappa shape index (κ1) is 12.7. The molecular formula is C11H22N2OS. The zero-order valence-corrected chi connectivity index (χ0v) is 10.6. The van der Waals surface area contributed by atoms with Gasteiger partial charge in [-0.3, -0.25) is 0 Å². The molecule has 0 aromatic carbocycles. The van der Waals surface area contributed by atoms with Gasteiger partial charge in [0.2, 0.25) is 0 Å². The molecule has 88 valence electrons. The molecule has 0 aliphatic heterocycles. The molecule has 3 nitrogen and oxygen atoms in total. The predicted octanol–water partition coefficient (Wildman–Crippen LogP) is 1.82. The number of methoxy groups -OCH3 is 1. The van der Waals surface area contributed by atoms with Crippen molar-refractivity contribution in [1.82, 2.24) is 10.6 Å². The van der Waals surface area contributed by atoms with Crippen LogP contribution in [0.2, 0.25) is 0 Å². The lowest BCUT2D eigenvalue weighted by atomic mass is 10.0. The Labute approximate surface area is 98.0 Å². The van der Waals surface area contributed by atoms with E-state index in [-0.39, 0.29) is 5.54 Å². The molecule has 0 spiro atoms. The summed E-state index contributed by atoms with van der Waals surface area (Å²) in [6.07, 6.45) is 6.08. The standard InChI is InChI=1S/C11H22N2OS/c1-11(6-3-4-7-11)13-10(15)12-8-5-9-14-2/h3-9H2,1-2H3,(H2,12,13,15). The molecule has 2 N–H and O–H groups in total. The second-order valence-corrected chi connectivity index (χ2v) is 4.90. The lowest BCUT2D eigenvalue weighted by molar-refractivity contribution is 0.195. The number of hydrogen-bond donors (Lipinski definition) is 2. The van der Waals surface area contributed by atoms with Crippen LogP contribution in [-0.4, -0.2) is 30.9 Å². The minimum absolute atomic E-state index is 0.228. The topological polar surface area (TPSA) is 33.3 Å². The Morgan fingerprint density at radius 1 is 1.40 bits per heavy atom. The van der Waals surface area contributed by atoms with Crippen molar-refractivity contribution in [3.63, 3.8) is 0 Å². The number of rotatable bonds is 5. The molecule has 0 bridgehead atoms. The summed E-state index contributed by atoms with van der Waals surface area (Å²) < 4.78 is 4.97. The Morgan fingerprint density at radius 3 is 2.67 bits per heavy atom. The normalized spacial score (nSPS) is 18.8. The monoisotopic (exact) mass is 230 g/mol. The summed E-state index contributed by atoms with van der Waals surface area (Å²) in [5.41, 5.74) is 0.228. The molecule has 0 aromatic heterocycles. The zero-order chi connectivity index (χ0) is 11.1. The third-order valence-corrected chi connectivity index (χ3v) is 3.18. The Morgan fingerprint density at radius 2 is 2.07 bits per heavy atom. The van der Waals surface area contributed by atoms with E-state index in [1.807, 2.05) is 0 Å². The summed E-state index contributed by atoms with van der Waals surface area (Å²) in [5, 5.41) is 7.41. The SMILES string of the molecule is COCCCNC(=S)NC1(C)CCCC1. The number of thiocarbonyl (C=S) groups is 1. The third-order valence-electron chi connectivity index (χ3n) is 2.93. The number of hydrogen-bond acceptors (Lipinski definition) is 2. The average molecular weight is 230 g/mol. The van der Waals surface area contributed by atoms with Gasteiger partial charge in [0.25, 0.3) is 0 Å². The highest BCUT2D eigenvalue weighted by atomic mass is 32.1. The Kier molecular flexibility index (Phi) is 5.32. The van der Waals surface area contributed by atoms with E-state index < -0.39 is 0 Å². The van der Waals surface area contributed by atoms with Crippen LogP contribution in [0.25, 0.3) is 0 Å². The maximum Gasteiger partial charge on any atom is 0.166 e. The van der Waals surface area contributed by atoms with Crippen LogP contribution in [0.1, 0.15) is 39.0 Å². The van der Waals surface area contributed by atoms with Gasteiger partial charge in [-0.05, 0) is 38.4 Å². The molecule has 0 saturated heterocycles. The van der Waals surface area contributed by atoms with Crippen molar-refractivity contribution < 1.29 is 4.74 Å². The molecule has 0 heterocycles. The van der Waals surface area contributed by atoms with Gasteiger partial charge in [0.1, 0.15) is 0 Å². The molecule has 1 rings (SSSR count). The van der Waals surface area contributed by atoms with Crippen LogP contribution in [0.4, 0.5) is 0 Å². The van der Waals surface area contributed by atoms with Crippen molar-refractivity contribution in [2.75, 3.05) is 20.3 Å². The summed E-state index contributed by atoms with van der Waals surface area (Å²) in [7, 11) is 1.72. The molecule has 1 fully saturated rings. The molecule has 15 heavy (non-hydrogen) atoms. The quantitative estimate of drug-likeness (QED) is 0.557. The summed E-state index contributed by atoms with van der Waals surface area (Å²) in [6.45, 7) is 3.92. The first-order valence-corrected chi connectivity index (χ1v) is 6.12. The first-order valence-electron chi connectivity index (χ1n) is 5.71. The highest BCUT2D eigenvalue weighted by Gasteiger charge is 2.28.